The molecule has 0 fully saturated rings. The smallest absolute Gasteiger partial charge is 0.397 e. The molecule has 2 aromatic rings. The number of hydrogen-bond acceptors (Lipinski definition) is 1. The van der Waals surface area contributed by atoms with Gasteiger partial charge in [-0.2, -0.15) is 13.2 Å². The molecule has 0 heterocycles. The number of alkyl halides is 3. The Balaban J connectivity index is 2.39. The third kappa shape index (κ3) is 2.11. The van der Waals surface area contributed by atoms with Gasteiger partial charge in [-0.3, -0.25) is 0 Å². The van der Waals surface area contributed by atoms with Crippen molar-refractivity contribution in [3.63, 3.8) is 0 Å². The molecule has 0 atom stereocenters. The SMILES string of the molecule is C[Si](C)(C)OC1(C(F)(F)F)c2ccccc2-c2ccccc21. The van der Waals surface area contributed by atoms with Crippen molar-refractivity contribution in [2.24, 2.45) is 0 Å². The van der Waals surface area contributed by atoms with Gasteiger partial charge < -0.3 is 4.43 Å². The molecule has 1 aliphatic carbocycles. The van der Waals surface area contributed by atoms with Crippen molar-refractivity contribution in [3.8, 4) is 11.1 Å². The maximum absolute atomic E-state index is 14.2. The second kappa shape index (κ2) is 4.70. The molecule has 5 heteroatoms. The first kappa shape index (κ1) is 15.3. The second-order valence-electron chi connectivity index (χ2n) is 6.48. The second-order valence-corrected chi connectivity index (χ2v) is 10.9. The predicted molar refractivity (Wildman–Crippen MR) is 83.1 cm³/mol. The highest BCUT2D eigenvalue weighted by Crippen LogP contribution is 2.57. The summed E-state index contributed by atoms with van der Waals surface area (Å²) in [5.41, 5.74) is -0.746. The first-order chi connectivity index (χ1) is 10.2. The van der Waals surface area contributed by atoms with Crippen LogP contribution in [0.2, 0.25) is 19.6 Å². The minimum Gasteiger partial charge on any atom is -0.397 e. The van der Waals surface area contributed by atoms with E-state index in [9.17, 15) is 13.2 Å². The average molecular weight is 322 g/mol. The minimum absolute atomic E-state index is 0.200. The molecular weight excluding hydrogens is 305 g/mol. The van der Waals surface area contributed by atoms with E-state index in [4.69, 9.17) is 4.43 Å². The van der Waals surface area contributed by atoms with Gasteiger partial charge in [0.2, 0.25) is 5.60 Å². The van der Waals surface area contributed by atoms with Gasteiger partial charge in [-0.1, -0.05) is 48.5 Å². The summed E-state index contributed by atoms with van der Waals surface area (Å²) in [7, 11) is -2.46. The van der Waals surface area contributed by atoms with Gasteiger partial charge in [0.15, 0.2) is 8.32 Å². The zero-order valence-electron chi connectivity index (χ0n) is 12.7. The molecule has 0 unspecified atom stereocenters. The van der Waals surface area contributed by atoms with Crippen molar-refractivity contribution in [3.05, 3.63) is 59.7 Å². The van der Waals surface area contributed by atoms with Crippen LogP contribution in [0.5, 0.6) is 0 Å². The number of hydrogen-bond donors (Lipinski definition) is 0. The molecule has 0 saturated carbocycles. The van der Waals surface area contributed by atoms with E-state index in [1.54, 1.807) is 56.0 Å². The fourth-order valence-electron chi connectivity index (χ4n) is 3.13. The van der Waals surface area contributed by atoms with Crippen LogP contribution in [0.15, 0.2) is 48.5 Å². The van der Waals surface area contributed by atoms with Crippen LogP contribution >= 0.6 is 0 Å². The third-order valence-corrected chi connectivity index (χ3v) is 4.68. The van der Waals surface area contributed by atoms with E-state index in [1.807, 2.05) is 0 Å². The molecule has 0 aromatic heterocycles. The van der Waals surface area contributed by atoms with Gasteiger partial charge in [-0.05, 0) is 30.8 Å². The number of fused-ring (bicyclic) bond motifs is 3. The molecule has 0 amide bonds. The third-order valence-electron chi connectivity index (χ3n) is 3.76. The quantitative estimate of drug-likeness (QED) is 0.680. The highest BCUT2D eigenvalue weighted by Gasteiger charge is 2.63. The predicted octanol–water partition coefficient (Wildman–Crippen LogP) is 5.32. The minimum atomic E-state index is -4.52. The van der Waals surface area contributed by atoms with Crippen molar-refractivity contribution in [1.82, 2.24) is 0 Å². The van der Waals surface area contributed by atoms with Crippen LogP contribution in [0.4, 0.5) is 13.2 Å². The zero-order chi connectivity index (χ0) is 16.2. The van der Waals surface area contributed by atoms with Crippen molar-refractivity contribution in [2.75, 3.05) is 0 Å². The van der Waals surface area contributed by atoms with E-state index in [2.05, 4.69) is 0 Å². The summed E-state index contributed by atoms with van der Waals surface area (Å²) in [5.74, 6) is 0. The first-order valence-corrected chi connectivity index (χ1v) is 10.5. The summed E-state index contributed by atoms with van der Waals surface area (Å²) in [6, 6.07) is 13.3. The topological polar surface area (TPSA) is 9.23 Å². The lowest BCUT2D eigenvalue weighted by molar-refractivity contribution is -0.239. The molecule has 22 heavy (non-hydrogen) atoms. The van der Waals surface area contributed by atoms with Crippen LogP contribution in [-0.2, 0) is 10.0 Å². The summed E-state index contributed by atoms with van der Waals surface area (Å²) in [5, 5.41) is 0. The van der Waals surface area contributed by atoms with Crippen molar-refractivity contribution in [2.45, 2.75) is 31.4 Å². The molecule has 2 aromatic carbocycles. The Morgan fingerprint density at radius 1 is 0.818 bits per heavy atom. The monoisotopic (exact) mass is 322 g/mol. The molecule has 0 bridgehead atoms. The molecule has 0 saturated heterocycles. The first-order valence-electron chi connectivity index (χ1n) is 7.13. The lowest BCUT2D eigenvalue weighted by Gasteiger charge is -2.39. The Kier molecular flexibility index (Phi) is 3.27. The van der Waals surface area contributed by atoms with Gasteiger partial charge in [0.1, 0.15) is 0 Å². The van der Waals surface area contributed by atoms with Gasteiger partial charge in [-0.15, -0.1) is 0 Å². The average Bonchev–Trinajstić information content (AvgIpc) is 2.70. The van der Waals surface area contributed by atoms with Gasteiger partial charge in [0.25, 0.3) is 0 Å². The Hall–Kier alpha value is -1.59. The van der Waals surface area contributed by atoms with Gasteiger partial charge in [0, 0.05) is 11.1 Å². The van der Waals surface area contributed by atoms with Gasteiger partial charge in [0.05, 0.1) is 0 Å². The zero-order valence-corrected chi connectivity index (χ0v) is 13.7. The van der Waals surface area contributed by atoms with Crippen LogP contribution in [0.1, 0.15) is 11.1 Å². The van der Waals surface area contributed by atoms with Crippen molar-refractivity contribution in [1.29, 1.82) is 0 Å². The lowest BCUT2D eigenvalue weighted by atomic mass is 9.91. The largest absolute Gasteiger partial charge is 0.425 e. The fraction of sp³-hybridized carbons (Fsp3) is 0.294. The van der Waals surface area contributed by atoms with E-state index >= 15 is 0 Å². The Morgan fingerprint density at radius 2 is 1.23 bits per heavy atom. The normalized spacial score (nSPS) is 16.3. The number of rotatable bonds is 2. The van der Waals surface area contributed by atoms with E-state index in [1.165, 1.54) is 12.1 Å². The Labute approximate surface area is 128 Å². The number of halogens is 3. The summed E-state index contributed by atoms with van der Waals surface area (Å²) < 4.78 is 48.4. The summed E-state index contributed by atoms with van der Waals surface area (Å²) in [4.78, 5) is 0. The summed E-state index contributed by atoms with van der Waals surface area (Å²) >= 11 is 0. The van der Waals surface area contributed by atoms with Crippen LogP contribution < -0.4 is 0 Å². The molecule has 0 radical (unpaired) electrons. The lowest BCUT2D eigenvalue weighted by Crippen LogP contribution is -2.50. The highest BCUT2D eigenvalue weighted by atomic mass is 28.4. The Morgan fingerprint density at radius 3 is 1.59 bits per heavy atom. The molecule has 3 rings (SSSR count). The Bertz CT molecular complexity index is 671. The van der Waals surface area contributed by atoms with E-state index in [0.717, 1.165) is 0 Å². The number of benzene rings is 2. The molecule has 116 valence electrons. The molecule has 0 spiro atoms. The summed E-state index contributed by atoms with van der Waals surface area (Å²) in [6.07, 6.45) is -4.52. The van der Waals surface area contributed by atoms with E-state index < -0.39 is 20.1 Å². The van der Waals surface area contributed by atoms with Gasteiger partial charge in [-0.25, -0.2) is 0 Å². The maximum Gasteiger partial charge on any atom is 0.425 e. The van der Waals surface area contributed by atoms with Crippen molar-refractivity contribution < 1.29 is 17.6 Å². The van der Waals surface area contributed by atoms with E-state index in [0.29, 0.717) is 11.1 Å². The highest BCUT2D eigenvalue weighted by molar-refractivity contribution is 6.69. The van der Waals surface area contributed by atoms with Crippen molar-refractivity contribution >= 4 is 8.32 Å². The molecule has 0 N–H and O–H groups in total. The van der Waals surface area contributed by atoms with Crippen LogP contribution in [-0.4, -0.2) is 14.5 Å². The van der Waals surface area contributed by atoms with Crippen LogP contribution in [0.3, 0.4) is 0 Å². The van der Waals surface area contributed by atoms with Crippen LogP contribution in [0.25, 0.3) is 11.1 Å². The molecule has 0 aliphatic heterocycles. The fourth-order valence-corrected chi connectivity index (χ4v) is 4.38. The standard InChI is InChI=1S/C17H17F3OSi/c1-22(2,3)21-16(17(18,19)20)14-10-6-4-8-12(14)13-9-5-7-11-15(13)16/h4-11H,1-3H3. The maximum atomic E-state index is 14.2. The molecule has 1 nitrogen and oxygen atoms in total. The van der Waals surface area contributed by atoms with Crippen LogP contribution in [0, 0.1) is 0 Å². The van der Waals surface area contributed by atoms with E-state index in [-0.39, 0.29) is 11.1 Å². The molecule has 1 aliphatic rings. The van der Waals surface area contributed by atoms with Gasteiger partial charge >= 0.3 is 6.18 Å². The molecular formula is C17H17F3OSi. The summed E-state index contributed by atoms with van der Waals surface area (Å²) in [6.45, 7) is 5.35.